The van der Waals surface area contributed by atoms with Crippen molar-refractivity contribution in [3.63, 3.8) is 0 Å². The molecule has 1 aromatic carbocycles. The van der Waals surface area contributed by atoms with Gasteiger partial charge in [-0.3, -0.25) is 0 Å². The van der Waals surface area contributed by atoms with Crippen LogP contribution in [0.5, 0.6) is 0 Å². The summed E-state index contributed by atoms with van der Waals surface area (Å²) in [5.74, 6) is 0. The fraction of sp³-hybridized carbons (Fsp3) is 0.455. The van der Waals surface area contributed by atoms with Crippen LogP contribution in [0.1, 0.15) is 11.1 Å². The topological polar surface area (TPSA) is 0 Å². The Morgan fingerprint density at radius 3 is 2.17 bits per heavy atom. The zero-order valence-electron chi connectivity index (χ0n) is 8.52. The second kappa shape index (κ2) is 3.58. The molecule has 1 rings (SSSR count). The van der Waals surface area contributed by atoms with E-state index in [9.17, 15) is 0 Å². The van der Waals surface area contributed by atoms with E-state index >= 15 is 0 Å². The van der Waals surface area contributed by atoms with E-state index in [1.165, 1.54) is 17.3 Å². The van der Waals surface area contributed by atoms with Crippen molar-refractivity contribution in [3.05, 3.63) is 35.4 Å². The third-order valence-electron chi connectivity index (χ3n) is 1.98. The van der Waals surface area contributed by atoms with Crippen LogP contribution in [-0.2, 0) is 6.16 Å². The predicted molar refractivity (Wildman–Crippen MR) is 61.0 cm³/mol. The third kappa shape index (κ3) is 2.95. The Balaban J connectivity index is 2.83. The van der Waals surface area contributed by atoms with Crippen LogP contribution >= 0.6 is 7.26 Å². The summed E-state index contributed by atoms with van der Waals surface area (Å²) in [5, 5.41) is 0. The molecule has 0 bridgehead atoms. The normalized spacial score (nSPS) is 13.0. The van der Waals surface area contributed by atoms with Gasteiger partial charge in [0.2, 0.25) is 0 Å². The van der Waals surface area contributed by atoms with Crippen molar-refractivity contribution in [1.29, 1.82) is 0 Å². The van der Waals surface area contributed by atoms with Crippen LogP contribution in [-0.4, -0.2) is 20.0 Å². The average Bonchev–Trinajstić information content (AvgIpc) is 1.91. The maximum atomic E-state index is 2.42. The molecule has 0 amide bonds. The summed E-state index contributed by atoms with van der Waals surface area (Å²) in [7, 11) is -0.929. The van der Waals surface area contributed by atoms with Gasteiger partial charge in [-0.15, -0.1) is 0 Å². The molecule has 0 radical (unpaired) electrons. The van der Waals surface area contributed by atoms with Crippen LogP contribution in [0.2, 0.25) is 0 Å². The number of hydrogen-bond acceptors (Lipinski definition) is 0. The Kier molecular flexibility index (Phi) is 2.90. The number of hydrogen-bond donors (Lipinski definition) is 0. The molecule has 1 heteroatoms. The molecule has 0 fully saturated rings. The van der Waals surface area contributed by atoms with Gasteiger partial charge in [-0.25, -0.2) is 0 Å². The molecule has 0 heterocycles. The van der Waals surface area contributed by atoms with Gasteiger partial charge < -0.3 is 0 Å². The van der Waals surface area contributed by atoms with Crippen LogP contribution in [0.15, 0.2) is 24.3 Å². The number of aryl methyl sites for hydroxylation is 1. The van der Waals surface area contributed by atoms with Crippen LogP contribution in [0, 0.1) is 6.92 Å². The standard InChI is InChI=1S/C11H19P/c1-10-7-5-6-8-11(10)9-12(2,3)4/h5-8,12H,9H2,1-4H3. The third-order valence-corrected chi connectivity index (χ3v) is 3.42. The molecule has 0 aliphatic heterocycles. The summed E-state index contributed by atoms with van der Waals surface area (Å²) in [5.41, 5.74) is 2.98. The summed E-state index contributed by atoms with van der Waals surface area (Å²) in [6.45, 7) is 9.45. The number of benzene rings is 1. The van der Waals surface area contributed by atoms with Gasteiger partial charge in [-0.05, 0) is 0 Å². The predicted octanol–water partition coefficient (Wildman–Crippen LogP) is 3.13. The van der Waals surface area contributed by atoms with Gasteiger partial charge in [0, 0.05) is 0 Å². The van der Waals surface area contributed by atoms with Gasteiger partial charge in [-0.1, -0.05) is 0 Å². The van der Waals surface area contributed by atoms with E-state index in [1.807, 2.05) is 0 Å². The quantitative estimate of drug-likeness (QED) is 0.616. The first-order valence-electron chi connectivity index (χ1n) is 4.53. The first-order valence-corrected chi connectivity index (χ1v) is 8.24. The summed E-state index contributed by atoms with van der Waals surface area (Å²) >= 11 is 0. The molecule has 0 saturated carbocycles. The van der Waals surface area contributed by atoms with E-state index in [0.717, 1.165) is 0 Å². The molecular formula is C11H19P. The second-order valence-corrected chi connectivity index (χ2v) is 10.1. The van der Waals surface area contributed by atoms with Crippen molar-refractivity contribution in [2.24, 2.45) is 0 Å². The monoisotopic (exact) mass is 182 g/mol. The first kappa shape index (κ1) is 9.74. The van der Waals surface area contributed by atoms with Crippen molar-refractivity contribution in [2.75, 3.05) is 20.0 Å². The minimum atomic E-state index is -0.929. The van der Waals surface area contributed by atoms with Gasteiger partial charge in [-0.2, -0.15) is 0 Å². The summed E-state index contributed by atoms with van der Waals surface area (Å²) < 4.78 is 0. The molecule has 0 nitrogen and oxygen atoms in total. The molecule has 0 spiro atoms. The molecule has 12 heavy (non-hydrogen) atoms. The van der Waals surface area contributed by atoms with E-state index in [2.05, 4.69) is 51.2 Å². The molecular weight excluding hydrogens is 163 g/mol. The van der Waals surface area contributed by atoms with Gasteiger partial charge in [0.25, 0.3) is 0 Å². The SMILES string of the molecule is Cc1ccccc1C[PH](C)(C)C. The van der Waals surface area contributed by atoms with Crippen LogP contribution in [0.3, 0.4) is 0 Å². The minimum absolute atomic E-state index is 0.929. The fourth-order valence-electron chi connectivity index (χ4n) is 1.38. The van der Waals surface area contributed by atoms with E-state index in [0.29, 0.717) is 0 Å². The van der Waals surface area contributed by atoms with Crippen LogP contribution in [0.4, 0.5) is 0 Å². The van der Waals surface area contributed by atoms with Gasteiger partial charge >= 0.3 is 75.7 Å². The summed E-state index contributed by atoms with van der Waals surface area (Å²) in [6.07, 6.45) is 1.31. The molecule has 68 valence electrons. The Bertz CT molecular complexity index is 258. The first-order chi connectivity index (χ1) is 5.49. The van der Waals surface area contributed by atoms with E-state index in [4.69, 9.17) is 0 Å². The fourth-order valence-corrected chi connectivity index (χ4v) is 2.92. The van der Waals surface area contributed by atoms with E-state index < -0.39 is 7.26 Å². The van der Waals surface area contributed by atoms with Crippen LogP contribution < -0.4 is 0 Å². The summed E-state index contributed by atoms with van der Waals surface area (Å²) in [4.78, 5) is 0. The Morgan fingerprint density at radius 2 is 1.67 bits per heavy atom. The molecule has 0 atom stereocenters. The van der Waals surface area contributed by atoms with Crippen molar-refractivity contribution < 1.29 is 0 Å². The van der Waals surface area contributed by atoms with Crippen molar-refractivity contribution in [2.45, 2.75) is 13.1 Å². The Labute approximate surface area is 76.3 Å². The zero-order chi connectivity index (χ0) is 9.19. The second-order valence-electron chi connectivity index (χ2n) is 4.66. The molecule has 0 saturated heterocycles. The molecule has 0 aromatic heterocycles. The maximum absolute atomic E-state index is 2.42. The van der Waals surface area contributed by atoms with Crippen molar-refractivity contribution in [1.82, 2.24) is 0 Å². The Morgan fingerprint density at radius 1 is 1.08 bits per heavy atom. The molecule has 0 unspecified atom stereocenters. The molecule has 0 N–H and O–H groups in total. The van der Waals surface area contributed by atoms with Gasteiger partial charge in [0.1, 0.15) is 0 Å². The van der Waals surface area contributed by atoms with Gasteiger partial charge in [0.05, 0.1) is 0 Å². The molecule has 0 aliphatic carbocycles. The van der Waals surface area contributed by atoms with E-state index in [1.54, 1.807) is 0 Å². The average molecular weight is 182 g/mol. The van der Waals surface area contributed by atoms with E-state index in [-0.39, 0.29) is 0 Å². The van der Waals surface area contributed by atoms with Crippen molar-refractivity contribution in [3.8, 4) is 0 Å². The Hall–Kier alpha value is -0.350. The molecule has 1 aromatic rings. The van der Waals surface area contributed by atoms with Gasteiger partial charge in [0.15, 0.2) is 0 Å². The zero-order valence-corrected chi connectivity index (χ0v) is 9.52. The number of rotatable bonds is 2. The van der Waals surface area contributed by atoms with Crippen molar-refractivity contribution >= 4 is 7.26 Å². The van der Waals surface area contributed by atoms with Crippen LogP contribution in [0.25, 0.3) is 0 Å². The molecule has 0 aliphatic rings. The summed E-state index contributed by atoms with van der Waals surface area (Å²) in [6, 6.07) is 8.72.